The lowest BCUT2D eigenvalue weighted by atomic mass is 10.1. The van der Waals surface area contributed by atoms with Gasteiger partial charge in [-0.1, -0.05) is 11.6 Å². The Morgan fingerprint density at radius 1 is 1.10 bits per heavy atom. The smallest absolute Gasteiger partial charge is 0.337 e. The molecule has 0 aliphatic carbocycles. The molecule has 0 saturated carbocycles. The van der Waals surface area contributed by atoms with E-state index in [1.807, 2.05) is 0 Å². The summed E-state index contributed by atoms with van der Waals surface area (Å²) in [7, 11) is 1.31. The summed E-state index contributed by atoms with van der Waals surface area (Å²) in [5.74, 6) is -0.773. The molecule has 108 valence electrons. The first-order chi connectivity index (χ1) is 9.99. The molecule has 0 bridgehead atoms. The Balaban J connectivity index is 2.14. The average molecular weight is 305 g/mol. The summed E-state index contributed by atoms with van der Waals surface area (Å²) < 4.78 is 4.60. The maximum absolute atomic E-state index is 12.1. The first kappa shape index (κ1) is 14.9. The minimum atomic E-state index is -0.435. The zero-order valence-corrected chi connectivity index (χ0v) is 12.0. The highest BCUT2D eigenvalue weighted by Crippen LogP contribution is 2.18. The molecule has 5 nitrogen and oxygen atoms in total. The van der Waals surface area contributed by atoms with Crippen molar-refractivity contribution in [3.8, 4) is 0 Å². The predicted molar refractivity (Wildman–Crippen MR) is 81.6 cm³/mol. The summed E-state index contributed by atoms with van der Waals surface area (Å²) in [5.41, 5.74) is 7.36. The van der Waals surface area contributed by atoms with Crippen LogP contribution in [-0.2, 0) is 4.74 Å². The van der Waals surface area contributed by atoms with Crippen LogP contribution in [0.4, 0.5) is 11.4 Å². The SMILES string of the molecule is COC(=O)c1ccc(NC(=O)c2cc(N)cc(Cl)c2)cc1. The van der Waals surface area contributed by atoms with E-state index < -0.39 is 5.97 Å². The van der Waals surface area contributed by atoms with E-state index in [4.69, 9.17) is 17.3 Å². The number of carbonyl (C=O) groups is 2. The Morgan fingerprint density at radius 2 is 1.76 bits per heavy atom. The van der Waals surface area contributed by atoms with Gasteiger partial charge in [-0.2, -0.15) is 0 Å². The van der Waals surface area contributed by atoms with Crippen molar-refractivity contribution in [1.29, 1.82) is 0 Å². The maximum atomic E-state index is 12.1. The highest BCUT2D eigenvalue weighted by Gasteiger charge is 2.09. The van der Waals surface area contributed by atoms with Gasteiger partial charge >= 0.3 is 5.97 Å². The monoisotopic (exact) mass is 304 g/mol. The largest absolute Gasteiger partial charge is 0.465 e. The van der Waals surface area contributed by atoms with Crippen LogP contribution in [0.1, 0.15) is 20.7 Å². The Hall–Kier alpha value is -2.53. The van der Waals surface area contributed by atoms with Crippen LogP contribution in [0.5, 0.6) is 0 Å². The molecule has 0 heterocycles. The molecule has 21 heavy (non-hydrogen) atoms. The van der Waals surface area contributed by atoms with E-state index in [9.17, 15) is 9.59 Å². The molecule has 6 heteroatoms. The number of rotatable bonds is 3. The molecular weight excluding hydrogens is 292 g/mol. The lowest BCUT2D eigenvalue weighted by molar-refractivity contribution is 0.0600. The molecule has 3 N–H and O–H groups in total. The van der Waals surface area contributed by atoms with Crippen molar-refractivity contribution in [3.63, 3.8) is 0 Å². The van der Waals surface area contributed by atoms with Crippen molar-refractivity contribution in [1.82, 2.24) is 0 Å². The van der Waals surface area contributed by atoms with Gasteiger partial charge in [-0.15, -0.1) is 0 Å². The lowest BCUT2D eigenvalue weighted by Crippen LogP contribution is -2.12. The van der Waals surface area contributed by atoms with Crippen molar-refractivity contribution in [3.05, 3.63) is 58.6 Å². The number of hydrogen-bond acceptors (Lipinski definition) is 4. The lowest BCUT2D eigenvalue weighted by Gasteiger charge is -2.07. The molecule has 0 aliphatic rings. The van der Waals surface area contributed by atoms with Crippen molar-refractivity contribution < 1.29 is 14.3 Å². The highest BCUT2D eigenvalue weighted by molar-refractivity contribution is 6.31. The number of methoxy groups -OCH3 is 1. The van der Waals surface area contributed by atoms with Gasteiger partial charge in [0.05, 0.1) is 12.7 Å². The third-order valence-electron chi connectivity index (χ3n) is 2.75. The number of amides is 1. The van der Waals surface area contributed by atoms with Gasteiger partial charge in [-0.25, -0.2) is 4.79 Å². The summed E-state index contributed by atoms with van der Waals surface area (Å²) >= 11 is 5.86. The molecule has 0 saturated heterocycles. The normalized spacial score (nSPS) is 10.0. The van der Waals surface area contributed by atoms with Crippen molar-refractivity contribution in [2.75, 3.05) is 18.2 Å². The number of anilines is 2. The number of nitrogens with one attached hydrogen (secondary N) is 1. The quantitative estimate of drug-likeness (QED) is 0.674. The van der Waals surface area contributed by atoms with Crippen molar-refractivity contribution >= 4 is 34.9 Å². The average Bonchev–Trinajstić information content (AvgIpc) is 2.46. The molecule has 1 amide bonds. The number of esters is 1. The predicted octanol–water partition coefficient (Wildman–Crippen LogP) is 2.96. The molecule has 2 aromatic carbocycles. The van der Waals surface area contributed by atoms with Crippen LogP contribution in [0.25, 0.3) is 0 Å². The molecule has 2 aromatic rings. The second kappa shape index (κ2) is 6.28. The van der Waals surface area contributed by atoms with E-state index in [0.29, 0.717) is 27.5 Å². The third-order valence-corrected chi connectivity index (χ3v) is 2.96. The van der Waals surface area contributed by atoms with Gasteiger partial charge in [-0.05, 0) is 42.5 Å². The van der Waals surface area contributed by atoms with Crippen LogP contribution in [0.2, 0.25) is 5.02 Å². The summed E-state index contributed by atoms with van der Waals surface area (Å²) in [6, 6.07) is 11.0. The molecule has 0 aliphatic heterocycles. The fourth-order valence-electron chi connectivity index (χ4n) is 1.75. The minimum absolute atomic E-state index is 0.338. The molecule has 0 radical (unpaired) electrons. The van der Waals surface area contributed by atoms with E-state index >= 15 is 0 Å². The van der Waals surface area contributed by atoms with Gasteiger partial charge in [0.2, 0.25) is 0 Å². The van der Waals surface area contributed by atoms with Crippen LogP contribution >= 0.6 is 11.6 Å². The summed E-state index contributed by atoms with van der Waals surface area (Å²) in [4.78, 5) is 23.4. The Morgan fingerprint density at radius 3 is 2.33 bits per heavy atom. The van der Waals surface area contributed by atoms with Crippen LogP contribution in [0.3, 0.4) is 0 Å². The fraction of sp³-hybridized carbons (Fsp3) is 0.0667. The molecule has 0 atom stereocenters. The summed E-state index contributed by atoms with van der Waals surface area (Å²) in [6.45, 7) is 0. The Labute approximate surface area is 126 Å². The number of carbonyl (C=O) groups excluding carboxylic acids is 2. The third kappa shape index (κ3) is 3.73. The Bertz CT molecular complexity index is 664. The number of ether oxygens (including phenoxy) is 1. The number of nitrogens with two attached hydrogens (primary N) is 1. The van der Waals surface area contributed by atoms with Crippen molar-refractivity contribution in [2.45, 2.75) is 0 Å². The van der Waals surface area contributed by atoms with Crippen LogP contribution in [0.15, 0.2) is 42.5 Å². The number of nitrogen functional groups attached to an aromatic ring is 1. The summed E-state index contributed by atoms with van der Waals surface area (Å²) in [6.07, 6.45) is 0. The first-order valence-corrected chi connectivity index (χ1v) is 6.43. The zero-order valence-electron chi connectivity index (χ0n) is 11.2. The fourth-order valence-corrected chi connectivity index (χ4v) is 2.00. The maximum Gasteiger partial charge on any atom is 0.337 e. The minimum Gasteiger partial charge on any atom is -0.465 e. The molecule has 0 fully saturated rings. The molecular formula is C15H13ClN2O3. The number of benzene rings is 2. The van der Waals surface area contributed by atoms with Gasteiger partial charge in [-0.3, -0.25) is 4.79 Å². The number of halogens is 1. The zero-order chi connectivity index (χ0) is 15.4. The van der Waals surface area contributed by atoms with Gasteiger partial charge < -0.3 is 15.8 Å². The van der Waals surface area contributed by atoms with E-state index in [1.54, 1.807) is 30.3 Å². The van der Waals surface area contributed by atoms with Gasteiger partial charge in [0.15, 0.2) is 0 Å². The molecule has 0 spiro atoms. The van der Waals surface area contributed by atoms with E-state index in [1.165, 1.54) is 19.2 Å². The van der Waals surface area contributed by atoms with Gasteiger partial charge in [0.1, 0.15) is 0 Å². The standard InChI is InChI=1S/C15H13ClN2O3/c1-21-15(20)9-2-4-13(5-3-9)18-14(19)10-6-11(16)8-12(17)7-10/h2-8H,17H2,1H3,(H,18,19). The topological polar surface area (TPSA) is 81.4 Å². The first-order valence-electron chi connectivity index (χ1n) is 6.05. The highest BCUT2D eigenvalue weighted by atomic mass is 35.5. The van der Waals surface area contributed by atoms with Gasteiger partial charge in [0.25, 0.3) is 5.91 Å². The number of hydrogen-bond donors (Lipinski definition) is 2. The second-order valence-electron chi connectivity index (χ2n) is 4.30. The van der Waals surface area contributed by atoms with Crippen LogP contribution < -0.4 is 11.1 Å². The van der Waals surface area contributed by atoms with E-state index in [2.05, 4.69) is 10.1 Å². The van der Waals surface area contributed by atoms with Crippen molar-refractivity contribution in [2.24, 2.45) is 0 Å². The van der Waals surface area contributed by atoms with E-state index in [-0.39, 0.29) is 5.91 Å². The molecule has 0 aromatic heterocycles. The van der Waals surface area contributed by atoms with Crippen LogP contribution in [0, 0.1) is 0 Å². The van der Waals surface area contributed by atoms with E-state index in [0.717, 1.165) is 0 Å². The second-order valence-corrected chi connectivity index (χ2v) is 4.73. The van der Waals surface area contributed by atoms with Crippen LogP contribution in [-0.4, -0.2) is 19.0 Å². The molecule has 2 rings (SSSR count). The summed E-state index contributed by atoms with van der Waals surface area (Å²) in [5, 5.41) is 3.08. The Kier molecular flexibility index (Phi) is 4.45. The molecule has 0 unspecified atom stereocenters. The van der Waals surface area contributed by atoms with Gasteiger partial charge in [0, 0.05) is 22.0 Å².